The average molecular weight is 423 g/mol. The third kappa shape index (κ3) is 4.48. The number of sulfonamides is 1. The molecular formula is C20H23ClN2O4S. The van der Waals surface area contributed by atoms with E-state index in [0.717, 1.165) is 5.56 Å². The fraction of sp³-hybridized carbons (Fsp3) is 0.350. The summed E-state index contributed by atoms with van der Waals surface area (Å²) in [5, 5.41) is 3.47. The summed E-state index contributed by atoms with van der Waals surface area (Å²) < 4.78 is 32.1. The van der Waals surface area contributed by atoms with Crippen molar-refractivity contribution in [3.8, 4) is 5.75 Å². The van der Waals surface area contributed by atoms with E-state index >= 15 is 0 Å². The number of halogens is 1. The highest BCUT2D eigenvalue weighted by Gasteiger charge is 2.32. The first-order valence-corrected chi connectivity index (χ1v) is 10.8. The van der Waals surface area contributed by atoms with Gasteiger partial charge in [-0.2, -0.15) is 4.31 Å². The molecule has 2 aromatic carbocycles. The van der Waals surface area contributed by atoms with Crippen LogP contribution < -0.4 is 10.1 Å². The van der Waals surface area contributed by atoms with E-state index in [1.807, 2.05) is 13.0 Å². The topological polar surface area (TPSA) is 75.7 Å². The molecule has 1 N–H and O–H groups in total. The molecule has 2 aromatic rings. The number of ether oxygens (including phenoxy) is 1. The summed E-state index contributed by atoms with van der Waals surface area (Å²) >= 11 is 6.00. The van der Waals surface area contributed by atoms with E-state index in [4.69, 9.17) is 16.3 Å². The average Bonchev–Trinajstić information content (AvgIpc) is 2.71. The predicted octanol–water partition coefficient (Wildman–Crippen LogP) is 3.70. The highest BCUT2D eigenvalue weighted by molar-refractivity contribution is 7.89. The Morgan fingerprint density at radius 3 is 2.39 bits per heavy atom. The number of nitrogens with zero attached hydrogens (tertiary/aromatic N) is 1. The molecular weight excluding hydrogens is 400 g/mol. The van der Waals surface area contributed by atoms with Crippen molar-refractivity contribution >= 4 is 33.2 Å². The SMILES string of the molecule is COc1ccc(S(=O)(=O)N2CCC(C(=O)Nc3cc(Cl)ccc3C)CC2)cc1. The Balaban J connectivity index is 1.63. The molecule has 0 atom stereocenters. The van der Waals surface area contributed by atoms with Gasteiger partial charge in [0.05, 0.1) is 12.0 Å². The molecule has 0 aromatic heterocycles. The molecule has 0 aliphatic carbocycles. The summed E-state index contributed by atoms with van der Waals surface area (Å²) in [6.45, 7) is 2.51. The molecule has 1 aliphatic rings. The van der Waals surface area contributed by atoms with Gasteiger partial charge in [0.2, 0.25) is 15.9 Å². The van der Waals surface area contributed by atoms with E-state index in [9.17, 15) is 13.2 Å². The Bertz CT molecular complexity index is 953. The number of nitrogens with one attached hydrogen (secondary N) is 1. The molecule has 1 heterocycles. The second kappa shape index (κ2) is 8.51. The minimum absolute atomic E-state index is 0.105. The van der Waals surface area contributed by atoms with Crippen LogP contribution in [0.1, 0.15) is 18.4 Å². The molecule has 0 bridgehead atoms. The van der Waals surface area contributed by atoms with Crippen LogP contribution in [0.25, 0.3) is 0 Å². The minimum atomic E-state index is -3.58. The first kappa shape index (κ1) is 20.6. The number of aryl methyl sites for hydroxylation is 1. The van der Waals surface area contributed by atoms with Crippen LogP contribution in [0.3, 0.4) is 0 Å². The smallest absolute Gasteiger partial charge is 0.243 e. The van der Waals surface area contributed by atoms with Gasteiger partial charge in [-0.1, -0.05) is 17.7 Å². The first-order chi connectivity index (χ1) is 13.3. The summed E-state index contributed by atoms with van der Waals surface area (Å²) in [7, 11) is -2.05. The Morgan fingerprint density at radius 2 is 1.79 bits per heavy atom. The van der Waals surface area contributed by atoms with Crippen molar-refractivity contribution in [1.29, 1.82) is 0 Å². The third-order valence-electron chi connectivity index (χ3n) is 4.98. The van der Waals surface area contributed by atoms with Crippen LogP contribution in [0.4, 0.5) is 5.69 Å². The Labute approximate surface area is 170 Å². The standard InChI is InChI=1S/C20H23ClN2O4S/c1-14-3-4-16(21)13-19(14)22-20(24)15-9-11-23(12-10-15)28(25,26)18-7-5-17(27-2)6-8-18/h3-8,13,15H,9-12H2,1-2H3,(H,22,24). The molecule has 0 saturated carbocycles. The summed E-state index contributed by atoms with van der Waals surface area (Å²) in [5.41, 5.74) is 1.61. The number of methoxy groups -OCH3 is 1. The van der Waals surface area contributed by atoms with Crippen LogP contribution in [0, 0.1) is 12.8 Å². The van der Waals surface area contributed by atoms with Crippen molar-refractivity contribution in [1.82, 2.24) is 4.31 Å². The van der Waals surface area contributed by atoms with Crippen LogP contribution in [0.5, 0.6) is 5.75 Å². The molecule has 1 aliphatic heterocycles. The molecule has 28 heavy (non-hydrogen) atoms. The van der Waals surface area contributed by atoms with Crippen LogP contribution in [-0.2, 0) is 14.8 Å². The number of benzene rings is 2. The Morgan fingerprint density at radius 1 is 1.14 bits per heavy atom. The molecule has 8 heteroatoms. The maximum atomic E-state index is 12.8. The maximum absolute atomic E-state index is 12.8. The van der Waals surface area contributed by atoms with Gasteiger partial charge in [-0.15, -0.1) is 0 Å². The van der Waals surface area contributed by atoms with Gasteiger partial charge in [0.15, 0.2) is 0 Å². The molecule has 6 nitrogen and oxygen atoms in total. The lowest BCUT2D eigenvalue weighted by Gasteiger charge is -2.30. The molecule has 1 amide bonds. The van der Waals surface area contributed by atoms with Crippen LogP contribution >= 0.6 is 11.6 Å². The van der Waals surface area contributed by atoms with Gasteiger partial charge in [-0.3, -0.25) is 4.79 Å². The van der Waals surface area contributed by atoms with Crippen molar-refractivity contribution in [2.45, 2.75) is 24.7 Å². The summed E-state index contributed by atoms with van der Waals surface area (Å²) in [6, 6.07) is 11.7. The van der Waals surface area contributed by atoms with Gasteiger partial charge in [-0.25, -0.2) is 8.42 Å². The monoisotopic (exact) mass is 422 g/mol. The maximum Gasteiger partial charge on any atom is 0.243 e. The van der Waals surface area contributed by atoms with Gasteiger partial charge < -0.3 is 10.1 Å². The molecule has 0 unspecified atom stereocenters. The van der Waals surface area contributed by atoms with Gasteiger partial charge in [0.25, 0.3) is 0 Å². The zero-order chi connectivity index (χ0) is 20.3. The van der Waals surface area contributed by atoms with Gasteiger partial charge in [-0.05, 0) is 61.7 Å². The number of rotatable bonds is 5. The highest BCUT2D eigenvalue weighted by atomic mass is 35.5. The van der Waals surface area contributed by atoms with Crippen LogP contribution in [0.15, 0.2) is 47.4 Å². The molecule has 3 rings (SSSR count). The lowest BCUT2D eigenvalue weighted by atomic mass is 9.97. The second-order valence-electron chi connectivity index (χ2n) is 6.80. The van der Waals surface area contributed by atoms with Crippen molar-refractivity contribution in [3.05, 3.63) is 53.1 Å². The van der Waals surface area contributed by atoms with Gasteiger partial charge >= 0.3 is 0 Å². The zero-order valence-corrected chi connectivity index (χ0v) is 17.4. The van der Waals surface area contributed by atoms with E-state index < -0.39 is 10.0 Å². The first-order valence-electron chi connectivity index (χ1n) is 9.02. The van der Waals surface area contributed by atoms with E-state index in [-0.39, 0.29) is 16.7 Å². The quantitative estimate of drug-likeness (QED) is 0.797. The molecule has 150 valence electrons. The number of hydrogen-bond acceptors (Lipinski definition) is 4. The number of amides is 1. The van der Waals surface area contributed by atoms with Crippen molar-refractivity contribution in [2.75, 3.05) is 25.5 Å². The summed E-state index contributed by atoms with van der Waals surface area (Å²) in [6.07, 6.45) is 0.946. The minimum Gasteiger partial charge on any atom is -0.497 e. The highest BCUT2D eigenvalue weighted by Crippen LogP contribution is 2.27. The van der Waals surface area contributed by atoms with Crippen LogP contribution in [0.2, 0.25) is 5.02 Å². The predicted molar refractivity (Wildman–Crippen MR) is 109 cm³/mol. The van der Waals surface area contributed by atoms with Crippen LogP contribution in [-0.4, -0.2) is 38.8 Å². The summed E-state index contributed by atoms with van der Waals surface area (Å²) in [5.74, 6) is 0.262. The van der Waals surface area contributed by atoms with E-state index in [1.165, 1.54) is 23.5 Å². The van der Waals surface area contributed by atoms with Crippen molar-refractivity contribution in [3.63, 3.8) is 0 Å². The number of carbonyl (C=O) groups is 1. The van der Waals surface area contributed by atoms with E-state index in [1.54, 1.807) is 24.3 Å². The molecule has 0 radical (unpaired) electrons. The lowest BCUT2D eigenvalue weighted by Crippen LogP contribution is -2.41. The fourth-order valence-electron chi connectivity index (χ4n) is 3.22. The van der Waals surface area contributed by atoms with Gasteiger partial charge in [0.1, 0.15) is 5.75 Å². The molecule has 0 spiro atoms. The van der Waals surface area contributed by atoms with Crippen molar-refractivity contribution < 1.29 is 17.9 Å². The normalized spacial score (nSPS) is 16.0. The van der Waals surface area contributed by atoms with E-state index in [2.05, 4.69) is 5.32 Å². The fourth-order valence-corrected chi connectivity index (χ4v) is 4.86. The second-order valence-corrected chi connectivity index (χ2v) is 9.18. The molecule has 1 saturated heterocycles. The van der Waals surface area contributed by atoms with Crippen molar-refractivity contribution in [2.24, 2.45) is 5.92 Å². The lowest BCUT2D eigenvalue weighted by molar-refractivity contribution is -0.120. The van der Waals surface area contributed by atoms with E-state index in [0.29, 0.717) is 42.4 Å². The largest absolute Gasteiger partial charge is 0.497 e. The number of hydrogen-bond donors (Lipinski definition) is 1. The Kier molecular flexibility index (Phi) is 6.27. The number of carbonyl (C=O) groups excluding carboxylic acids is 1. The molecule has 1 fully saturated rings. The third-order valence-corrected chi connectivity index (χ3v) is 7.13. The summed E-state index contributed by atoms with van der Waals surface area (Å²) in [4.78, 5) is 12.8. The number of anilines is 1. The Hall–Kier alpha value is -2.09. The number of piperidine rings is 1. The zero-order valence-electron chi connectivity index (χ0n) is 15.8. The van der Waals surface area contributed by atoms with Gasteiger partial charge in [0, 0.05) is 29.7 Å².